The zero-order chi connectivity index (χ0) is 12.1. The monoisotopic (exact) mass is 289 g/mol. The first kappa shape index (κ1) is 12.3. The first-order chi connectivity index (χ1) is 8.25. The van der Waals surface area contributed by atoms with Crippen LogP contribution in [0.5, 0.6) is 0 Å². The lowest BCUT2D eigenvalue weighted by atomic mass is 10.1. The summed E-state index contributed by atoms with van der Waals surface area (Å²) in [5.41, 5.74) is 2.63. The van der Waals surface area contributed by atoms with Crippen LogP contribution in [0.3, 0.4) is 0 Å². The van der Waals surface area contributed by atoms with E-state index in [9.17, 15) is 0 Å². The van der Waals surface area contributed by atoms with Gasteiger partial charge in [-0.3, -0.25) is 0 Å². The van der Waals surface area contributed by atoms with Gasteiger partial charge in [-0.15, -0.1) is 0 Å². The minimum absolute atomic E-state index is 0.375. The molecule has 0 spiro atoms. The van der Waals surface area contributed by atoms with Crippen molar-refractivity contribution in [2.75, 3.05) is 0 Å². The SMILES string of the molecule is CC(NCc1ccc(Br)cc1)c1ccccc1. The van der Waals surface area contributed by atoms with Crippen molar-refractivity contribution in [3.8, 4) is 0 Å². The van der Waals surface area contributed by atoms with Crippen molar-refractivity contribution in [2.24, 2.45) is 0 Å². The van der Waals surface area contributed by atoms with E-state index in [1.165, 1.54) is 11.1 Å². The summed E-state index contributed by atoms with van der Waals surface area (Å²) >= 11 is 3.44. The average Bonchev–Trinajstić information content (AvgIpc) is 2.39. The molecule has 0 saturated heterocycles. The van der Waals surface area contributed by atoms with Gasteiger partial charge in [0.05, 0.1) is 0 Å². The lowest BCUT2D eigenvalue weighted by Gasteiger charge is -2.14. The summed E-state index contributed by atoms with van der Waals surface area (Å²) in [7, 11) is 0. The van der Waals surface area contributed by atoms with Crippen LogP contribution in [0.1, 0.15) is 24.1 Å². The van der Waals surface area contributed by atoms with E-state index in [0.717, 1.165) is 11.0 Å². The van der Waals surface area contributed by atoms with Gasteiger partial charge in [0.1, 0.15) is 0 Å². The summed E-state index contributed by atoms with van der Waals surface area (Å²) in [4.78, 5) is 0. The van der Waals surface area contributed by atoms with Crippen LogP contribution in [-0.2, 0) is 6.54 Å². The maximum atomic E-state index is 3.52. The molecular weight excluding hydrogens is 274 g/mol. The van der Waals surface area contributed by atoms with E-state index in [-0.39, 0.29) is 0 Å². The van der Waals surface area contributed by atoms with Gasteiger partial charge in [-0.25, -0.2) is 0 Å². The number of nitrogens with one attached hydrogen (secondary N) is 1. The number of hydrogen-bond acceptors (Lipinski definition) is 1. The van der Waals surface area contributed by atoms with Crippen LogP contribution in [0.4, 0.5) is 0 Å². The minimum Gasteiger partial charge on any atom is -0.306 e. The highest BCUT2D eigenvalue weighted by atomic mass is 79.9. The van der Waals surface area contributed by atoms with Crippen LogP contribution < -0.4 is 5.32 Å². The van der Waals surface area contributed by atoms with E-state index in [1.807, 2.05) is 6.07 Å². The van der Waals surface area contributed by atoms with Crippen molar-refractivity contribution >= 4 is 15.9 Å². The fraction of sp³-hybridized carbons (Fsp3) is 0.200. The summed E-state index contributed by atoms with van der Waals surface area (Å²) in [5, 5.41) is 3.52. The smallest absolute Gasteiger partial charge is 0.0294 e. The summed E-state index contributed by atoms with van der Waals surface area (Å²) in [6.07, 6.45) is 0. The highest BCUT2D eigenvalue weighted by Gasteiger charge is 2.03. The van der Waals surface area contributed by atoms with E-state index >= 15 is 0 Å². The highest BCUT2D eigenvalue weighted by Crippen LogP contribution is 2.14. The quantitative estimate of drug-likeness (QED) is 0.885. The van der Waals surface area contributed by atoms with Crippen molar-refractivity contribution in [1.29, 1.82) is 0 Å². The standard InChI is InChI=1S/C15H16BrN/c1-12(14-5-3-2-4-6-14)17-11-13-7-9-15(16)10-8-13/h2-10,12,17H,11H2,1H3. The number of halogens is 1. The molecule has 17 heavy (non-hydrogen) atoms. The molecule has 0 saturated carbocycles. The van der Waals surface area contributed by atoms with Crippen LogP contribution in [0.25, 0.3) is 0 Å². The number of hydrogen-bond donors (Lipinski definition) is 1. The van der Waals surface area contributed by atoms with Crippen molar-refractivity contribution in [1.82, 2.24) is 5.32 Å². The van der Waals surface area contributed by atoms with Gasteiger partial charge >= 0.3 is 0 Å². The van der Waals surface area contributed by atoms with Crippen LogP contribution in [0.15, 0.2) is 59.1 Å². The molecule has 2 rings (SSSR count). The molecule has 0 aliphatic rings. The van der Waals surface area contributed by atoms with E-state index in [2.05, 4.69) is 76.7 Å². The molecule has 0 radical (unpaired) electrons. The highest BCUT2D eigenvalue weighted by molar-refractivity contribution is 9.10. The predicted octanol–water partition coefficient (Wildman–Crippen LogP) is 4.30. The first-order valence-corrected chi connectivity index (χ1v) is 6.58. The topological polar surface area (TPSA) is 12.0 Å². The Hall–Kier alpha value is -1.12. The third kappa shape index (κ3) is 3.69. The molecule has 1 atom stereocenters. The van der Waals surface area contributed by atoms with Crippen LogP contribution in [0.2, 0.25) is 0 Å². The lowest BCUT2D eigenvalue weighted by molar-refractivity contribution is 0.575. The van der Waals surface area contributed by atoms with Gasteiger partial charge < -0.3 is 5.32 Å². The molecule has 2 heteroatoms. The van der Waals surface area contributed by atoms with Crippen molar-refractivity contribution < 1.29 is 0 Å². The summed E-state index contributed by atoms with van der Waals surface area (Å²) in [6, 6.07) is 19.3. The van der Waals surface area contributed by atoms with E-state index in [1.54, 1.807) is 0 Å². The average molecular weight is 290 g/mol. The van der Waals surface area contributed by atoms with E-state index in [4.69, 9.17) is 0 Å². The third-order valence-electron chi connectivity index (χ3n) is 2.83. The van der Waals surface area contributed by atoms with Crippen molar-refractivity contribution in [3.05, 3.63) is 70.2 Å². The Balaban J connectivity index is 1.92. The second kappa shape index (κ2) is 5.99. The largest absolute Gasteiger partial charge is 0.306 e. The molecule has 0 fully saturated rings. The van der Waals surface area contributed by atoms with Crippen molar-refractivity contribution in [2.45, 2.75) is 19.5 Å². The molecule has 1 N–H and O–H groups in total. The second-order valence-corrected chi connectivity index (χ2v) is 5.06. The first-order valence-electron chi connectivity index (χ1n) is 5.78. The van der Waals surface area contributed by atoms with Gasteiger partial charge in [-0.1, -0.05) is 58.4 Å². The molecule has 0 aromatic heterocycles. The lowest BCUT2D eigenvalue weighted by Crippen LogP contribution is -2.17. The number of rotatable bonds is 4. The van der Waals surface area contributed by atoms with Crippen LogP contribution >= 0.6 is 15.9 Å². The maximum Gasteiger partial charge on any atom is 0.0294 e. The van der Waals surface area contributed by atoms with Gasteiger partial charge in [0.25, 0.3) is 0 Å². The molecule has 1 unspecified atom stereocenters. The molecule has 2 aromatic rings. The molecule has 0 amide bonds. The Morgan fingerprint density at radius 3 is 2.29 bits per heavy atom. The Labute approximate surface area is 111 Å². The van der Waals surface area contributed by atoms with E-state index in [0.29, 0.717) is 6.04 Å². The molecular formula is C15H16BrN. The maximum absolute atomic E-state index is 3.52. The summed E-state index contributed by atoms with van der Waals surface area (Å²) < 4.78 is 1.12. The van der Waals surface area contributed by atoms with Crippen molar-refractivity contribution in [3.63, 3.8) is 0 Å². The normalized spacial score (nSPS) is 12.4. The Morgan fingerprint density at radius 2 is 1.65 bits per heavy atom. The van der Waals surface area contributed by atoms with Gasteiger partial charge in [0.15, 0.2) is 0 Å². The molecule has 0 bridgehead atoms. The molecule has 0 heterocycles. The van der Waals surface area contributed by atoms with Crippen LogP contribution in [-0.4, -0.2) is 0 Å². The van der Waals surface area contributed by atoms with Gasteiger partial charge in [0.2, 0.25) is 0 Å². The van der Waals surface area contributed by atoms with Gasteiger partial charge in [-0.2, -0.15) is 0 Å². The van der Waals surface area contributed by atoms with E-state index < -0.39 is 0 Å². The Bertz CT molecular complexity index is 450. The zero-order valence-corrected chi connectivity index (χ0v) is 11.4. The summed E-state index contributed by atoms with van der Waals surface area (Å²) in [6.45, 7) is 3.08. The second-order valence-electron chi connectivity index (χ2n) is 4.14. The van der Waals surface area contributed by atoms with Gasteiger partial charge in [-0.05, 0) is 30.2 Å². The Morgan fingerprint density at radius 1 is 1.00 bits per heavy atom. The van der Waals surface area contributed by atoms with Crippen LogP contribution in [0, 0.1) is 0 Å². The van der Waals surface area contributed by atoms with Gasteiger partial charge in [0, 0.05) is 17.1 Å². The molecule has 0 aliphatic heterocycles. The zero-order valence-electron chi connectivity index (χ0n) is 9.86. The molecule has 2 aromatic carbocycles. The predicted molar refractivity (Wildman–Crippen MR) is 75.8 cm³/mol. The summed E-state index contributed by atoms with van der Waals surface area (Å²) in [5.74, 6) is 0. The number of benzene rings is 2. The molecule has 88 valence electrons. The fourth-order valence-corrected chi connectivity index (χ4v) is 2.00. The molecule has 0 aliphatic carbocycles. The Kier molecular flexibility index (Phi) is 4.35. The minimum atomic E-state index is 0.375. The molecule has 1 nitrogen and oxygen atoms in total. The fourth-order valence-electron chi connectivity index (χ4n) is 1.73. The third-order valence-corrected chi connectivity index (χ3v) is 3.35.